The number of nitrogens with zero attached hydrogens (tertiary/aromatic N) is 1. The summed E-state index contributed by atoms with van der Waals surface area (Å²) in [5.74, 6) is 0.358. The maximum absolute atomic E-state index is 12.3. The summed E-state index contributed by atoms with van der Waals surface area (Å²) < 4.78 is 5.54. The van der Waals surface area contributed by atoms with E-state index >= 15 is 0 Å². The van der Waals surface area contributed by atoms with Gasteiger partial charge in [-0.3, -0.25) is 15.1 Å². The van der Waals surface area contributed by atoms with E-state index in [4.69, 9.17) is 4.74 Å². The number of aryl methyl sites for hydroxylation is 1. The lowest BCUT2D eigenvalue weighted by molar-refractivity contribution is -0.123. The molecule has 23 heavy (non-hydrogen) atoms. The Morgan fingerprint density at radius 1 is 1.43 bits per heavy atom. The molecule has 5 nitrogen and oxygen atoms in total. The fraction of sp³-hybridized carbons (Fsp3) is 0.667. The van der Waals surface area contributed by atoms with Crippen LogP contribution >= 0.6 is 0 Å². The van der Waals surface area contributed by atoms with Crippen molar-refractivity contribution < 1.29 is 9.53 Å². The maximum Gasteiger partial charge on any atom is 0.236 e. The van der Waals surface area contributed by atoms with Crippen LogP contribution in [0.3, 0.4) is 0 Å². The second kappa shape index (κ2) is 8.41. The van der Waals surface area contributed by atoms with Crippen LogP contribution in [0.5, 0.6) is 0 Å². The highest BCUT2D eigenvalue weighted by Gasteiger charge is 2.24. The van der Waals surface area contributed by atoms with Gasteiger partial charge >= 0.3 is 0 Å². The Kier molecular flexibility index (Phi) is 6.54. The molecule has 128 valence electrons. The summed E-state index contributed by atoms with van der Waals surface area (Å²) in [6, 6.07) is 3.78. The Balaban J connectivity index is 1.93. The number of carbonyl (C=O) groups is 1. The van der Waals surface area contributed by atoms with E-state index in [2.05, 4.69) is 42.5 Å². The van der Waals surface area contributed by atoms with E-state index < -0.39 is 0 Å². The van der Waals surface area contributed by atoms with Gasteiger partial charge in [-0.25, -0.2) is 0 Å². The first-order chi connectivity index (χ1) is 11.0. The number of aromatic nitrogens is 1. The van der Waals surface area contributed by atoms with Gasteiger partial charge in [-0.05, 0) is 44.2 Å². The molecule has 0 saturated carbocycles. The molecule has 1 saturated heterocycles. The minimum Gasteiger partial charge on any atom is -0.376 e. The first kappa shape index (κ1) is 17.9. The quantitative estimate of drug-likeness (QED) is 0.810. The van der Waals surface area contributed by atoms with E-state index in [0.29, 0.717) is 12.5 Å². The highest BCUT2D eigenvalue weighted by Crippen LogP contribution is 2.23. The van der Waals surface area contributed by atoms with E-state index in [-0.39, 0.29) is 24.1 Å². The van der Waals surface area contributed by atoms with Crippen molar-refractivity contribution in [2.24, 2.45) is 5.92 Å². The number of hydrogen-bond acceptors (Lipinski definition) is 4. The highest BCUT2D eigenvalue weighted by atomic mass is 16.5. The highest BCUT2D eigenvalue weighted by molar-refractivity contribution is 5.81. The molecular formula is C18H29N3O2. The van der Waals surface area contributed by atoms with Gasteiger partial charge in [0.1, 0.15) is 0 Å². The molecule has 1 aliphatic heterocycles. The molecule has 2 heterocycles. The summed E-state index contributed by atoms with van der Waals surface area (Å²) in [4.78, 5) is 16.8. The predicted octanol–water partition coefficient (Wildman–Crippen LogP) is 2.36. The van der Waals surface area contributed by atoms with Gasteiger partial charge in [0.25, 0.3) is 0 Å². The van der Waals surface area contributed by atoms with Gasteiger partial charge in [0, 0.05) is 19.3 Å². The molecule has 3 atom stereocenters. The Morgan fingerprint density at radius 2 is 2.22 bits per heavy atom. The van der Waals surface area contributed by atoms with Crippen LogP contribution in [0, 0.1) is 12.8 Å². The summed E-state index contributed by atoms with van der Waals surface area (Å²) in [6.45, 7) is 9.65. The number of pyridine rings is 1. The predicted molar refractivity (Wildman–Crippen MR) is 91.1 cm³/mol. The van der Waals surface area contributed by atoms with Gasteiger partial charge in [-0.2, -0.15) is 0 Å². The van der Waals surface area contributed by atoms with Gasteiger partial charge in [0.2, 0.25) is 5.91 Å². The average molecular weight is 319 g/mol. The molecule has 0 aliphatic carbocycles. The van der Waals surface area contributed by atoms with Crippen LogP contribution in [0.4, 0.5) is 0 Å². The van der Waals surface area contributed by atoms with Crippen LogP contribution < -0.4 is 10.6 Å². The first-order valence-corrected chi connectivity index (χ1v) is 8.56. The topological polar surface area (TPSA) is 63.2 Å². The van der Waals surface area contributed by atoms with Gasteiger partial charge in [0.15, 0.2) is 0 Å². The van der Waals surface area contributed by atoms with Crippen molar-refractivity contribution in [2.45, 2.75) is 58.7 Å². The Hall–Kier alpha value is -1.46. The third-order valence-corrected chi connectivity index (χ3v) is 4.36. The van der Waals surface area contributed by atoms with Gasteiger partial charge in [-0.15, -0.1) is 0 Å². The number of hydrogen-bond donors (Lipinski definition) is 2. The molecule has 0 spiro atoms. The molecule has 1 amide bonds. The van der Waals surface area contributed by atoms with Crippen molar-refractivity contribution in [3.05, 3.63) is 29.6 Å². The van der Waals surface area contributed by atoms with Crippen LogP contribution in [0.2, 0.25) is 0 Å². The van der Waals surface area contributed by atoms with Crippen LogP contribution in [-0.2, 0) is 9.53 Å². The average Bonchev–Trinajstić information content (AvgIpc) is 3.04. The molecule has 2 N–H and O–H groups in total. The number of amides is 1. The lowest BCUT2D eigenvalue weighted by atomic mass is 9.96. The number of carbonyl (C=O) groups excluding carboxylic acids is 1. The minimum absolute atomic E-state index is 0.0136. The van der Waals surface area contributed by atoms with Crippen molar-refractivity contribution in [1.82, 2.24) is 15.6 Å². The van der Waals surface area contributed by atoms with E-state index in [9.17, 15) is 4.79 Å². The van der Waals surface area contributed by atoms with Crippen LogP contribution in [-0.4, -0.2) is 36.2 Å². The summed E-state index contributed by atoms with van der Waals surface area (Å²) in [5.41, 5.74) is 2.16. The first-order valence-electron chi connectivity index (χ1n) is 8.56. The minimum atomic E-state index is -0.273. The van der Waals surface area contributed by atoms with E-state index in [1.807, 2.05) is 19.2 Å². The van der Waals surface area contributed by atoms with Crippen LogP contribution in [0.25, 0.3) is 0 Å². The standard InChI is InChI=1S/C18H29N3O2/c1-12(2)16(17-13(3)7-5-9-19-17)21-14(4)18(22)20-11-15-8-6-10-23-15/h5,7,9,12,14-16,21H,6,8,10-11H2,1-4H3,(H,20,22)/t14-,15-,16+/m0/s1. The molecule has 1 aromatic rings. The largest absolute Gasteiger partial charge is 0.376 e. The van der Waals surface area contributed by atoms with Crippen LogP contribution in [0.1, 0.15) is 50.9 Å². The Morgan fingerprint density at radius 3 is 2.83 bits per heavy atom. The van der Waals surface area contributed by atoms with E-state index in [1.165, 1.54) is 0 Å². The lowest BCUT2D eigenvalue weighted by Gasteiger charge is -2.27. The number of rotatable bonds is 7. The van der Waals surface area contributed by atoms with Gasteiger partial charge in [0.05, 0.1) is 23.9 Å². The molecule has 0 aromatic carbocycles. The lowest BCUT2D eigenvalue weighted by Crippen LogP contribution is -2.46. The summed E-state index contributed by atoms with van der Waals surface area (Å²) in [5, 5.41) is 6.42. The zero-order valence-electron chi connectivity index (χ0n) is 14.6. The number of ether oxygens (including phenoxy) is 1. The second-order valence-electron chi connectivity index (χ2n) is 6.70. The van der Waals surface area contributed by atoms with Gasteiger partial charge in [-0.1, -0.05) is 19.9 Å². The summed E-state index contributed by atoms with van der Waals surface area (Å²) >= 11 is 0. The van der Waals surface area contributed by atoms with Crippen molar-refractivity contribution in [2.75, 3.05) is 13.2 Å². The van der Waals surface area contributed by atoms with E-state index in [1.54, 1.807) is 0 Å². The SMILES string of the molecule is Cc1cccnc1[C@H](N[C@@H](C)C(=O)NC[C@@H]1CCCO1)C(C)C. The monoisotopic (exact) mass is 319 g/mol. The number of nitrogens with one attached hydrogen (secondary N) is 2. The van der Waals surface area contributed by atoms with Crippen molar-refractivity contribution in [1.29, 1.82) is 0 Å². The Bertz CT molecular complexity index is 513. The molecule has 2 rings (SSSR count). The third-order valence-electron chi connectivity index (χ3n) is 4.36. The van der Waals surface area contributed by atoms with Crippen molar-refractivity contribution in [3.8, 4) is 0 Å². The molecule has 1 fully saturated rings. The van der Waals surface area contributed by atoms with E-state index in [0.717, 1.165) is 30.7 Å². The molecule has 5 heteroatoms. The molecule has 0 radical (unpaired) electrons. The second-order valence-corrected chi connectivity index (χ2v) is 6.70. The van der Waals surface area contributed by atoms with Gasteiger partial charge < -0.3 is 10.1 Å². The van der Waals surface area contributed by atoms with Crippen molar-refractivity contribution >= 4 is 5.91 Å². The molecular weight excluding hydrogens is 290 g/mol. The van der Waals surface area contributed by atoms with Crippen molar-refractivity contribution in [3.63, 3.8) is 0 Å². The van der Waals surface area contributed by atoms with Crippen LogP contribution in [0.15, 0.2) is 18.3 Å². The normalized spacial score (nSPS) is 20.5. The third kappa shape index (κ3) is 5.01. The fourth-order valence-corrected chi connectivity index (χ4v) is 2.93. The molecule has 0 bridgehead atoms. The summed E-state index contributed by atoms with van der Waals surface area (Å²) in [6.07, 6.45) is 4.10. The smallest absolute Gasteiger partial charge is 0.236 e. The molecule has 1 aliphatic rings. The molecule has 0 unspecified atom stereocenters. The zero-order chi connectivity index (χ0) is 16.8. The Labute approximate surface area is 139 Å². The maximum atomic E-state index is 12.3. The molecule has 1 aromatic heterocycles. The fourth-order valence-electron chi connectivity index (χ4n) is 2.93. The zero-order valence-corrected chi connectivity index (χ0v) is 14.6. The summed E-state index contributed by atoms with van der Waals surface area (Å²) in [7, 11) is 0.